The molecule has 1 aromatic rings. The molecule has 26 heteroatoms. The Bertz CT molecular complexity index is 1990. The summed E-state index contributed by atoms with van der Waals surface area (Å²) in [5.41, 5.74) is 16.3. The number of hydrogen-bond donors (Lipinski definition) is 16. The second kappa shape index (κ2) is 28.4. The molecule has 2 aliphatic rings. The average Bonchev–Trinajstić information content (AvgIpc) is 3.72. The molecule has 2 heterocycles. The van der Waals surface area contributed by atoms with E-state index in [-0.39, 0.29) is 70.5 Å². The van der Waals surface area contributed by atoms with Crippen LogP contribution in [0.5, 0.6) is 0 Å². The van der Waals surface area contributed by atoms with Crippen LogP contribution in [0.25, 0.3) is 0 Å². The van der Waals surface area contributed by atoms with E-state index >= 15 is 0 Å². The molecule has 19 N–H and O–H groups in total. The van der Waals surface area contributed by atoms with Crippen molar-refractivity contribution in [1.82, 2.24) is 53.2 Å². The number of hydrogen-bond acceptors (Lipinski definition) is 16. The molecule has 2 saturated heterocycles. The number of benzene rings is 1. The molecular weight excluding hydrogens is 919 g/mol. The second-order valence-corrected chi connectivity index (χ2v) is 17.7. The van der Waals surface area contributed by atoms with Gasteiger partial charge < -0.3 is 85.7 Å². The monoisotopic (exact) mass is 990 g/mol. The highest BCUT2D eigenvalue weighted by Crippen LogP contribution is 2.20. The van der Waals surface area contributed by atoms with E-state index in [9.17, 15) is 63.3 Å². The topological polar surface area (TPSA) is 430 Å². The van der Waals surface area contributed by atoms with Crippen molar-refractivity contribution >= 4 is 59.1 Å². The first-order chi connectivity index (χ1) is 33.2. The van der Waals surface area contributed by atoms with Gasteiger partial charge in [0.05, 0.1) is 19.3 Å². The van der Waals surface area contributed by atoms with Crippen molar-refractivity contribution in [3.05, 3.63) is 35.9 Å². The first kappa shape index (κ1) is 58.0. The number of nitrogens with two attached hydrogens (primary N) is 3. The Morgan fingerprint density at radius 2 is 1.20 bits per heavy atom. The molecule has 0 aromatic heterocycles. The summed E-state index contributed by atoms with van der Waals surface area (Å²) in [6.45, 7) is 2.01. The molecule has 10 atom stereocenters. The zero-order valence-corrected chi connectivity index (χ0v) is 39.7. The molecule has 0 aliphatic carbocycles. The minimum absolute atomic E-state index is 0.0557. The van der Waals surface area contributed by atoms with Crippen molar-refractivity contribution in [2.75, 3.05) is 39.4 Å². The number of carbonyl (C=O) groups is 10. The van der Waals surface area contributed by atoms with Crippen molar-refractivity contribution in [2.24, 2.45) is 23.1 Å². The fourth-order valence-electron chi connectivity index (χ4n) is 7.65. The van der Waals surface area contributed by atoms with Gasteiger partial charge >= 0.3 is 0 Å². The van der Waals surface area contributed by atoms with E-state index < -0.39 is 145 Å². The lowest BCUT2D eigenvalue weighted by atomic mass is 9.97. The molecule has 390 valence electrons. The summed E-state index contributed by atoms with van der Waals surface area (Å²) in [6.07, 6.45) is -2.80. The summed E-state index contributed by atoms with van der Waals surface area (Å²) in [6, 6.07) is -3.46. The molecule has 0 unspecified atom stereocenters. The molecule has 26 nitrogen and oxygen atoms in total. The van der Waals surface area contributed by atoms with E-state index in [1.807, 2.05) is 0 Å². The third-order valence-electron chi connectivity index (χ3n) is 11.6. The Labute approximate surface area is 405 Å². The van der Waals surface area contributed by atoms with Gasteiger partial charge in [-0.05, 0) is 76.6 Å². The third-order valence-corrected chi connectivity index (χ3v) is 11.6. The molecular formula is C44H71N13O13. The van der Waals surface area contributed by atoms with Crippen LogP contribution in [0.3, 0.4) is 0 Å². The van der Waals surface area contributed by atoms with Gasteiger partial charge in [0.15, 0.2) is 0 Å². The van der Waals surface area contributed by atoms with Gasteiger partial charge in [0, 0.05) is 19.4 Å². The van der Waals surface area contributed by atoms with Crippen LogP contribution in [0, 0.1) is 5.92 Å². The van der Waals surface area contributed by atoms with Crippen molar-refractivity contribution in [1.29, 1.82) is 0 Å². The molecule has 10 amide bonds. The molecule has 0 saturated carbocycles. The first-order valence-electron chi connectivity index (χ1n) is 23.3. The first-order valence-corrected chi connectivity index (χ1v) is 23.3. The summed E-state index contributed by atoms with van der Waals surface area (Å²) in [5, 5.41) is 55.6. The van der Waals surface area contributed by atoms with Crippen LogP contribution in [0.4, 0.5) is 0 Å². The number of nitrogens with one attached hydrogen (secondary N) is 10. The van der Waals surface area contributed by atoms with E-state index in [0.29, 0.717) is 5.56 Å². The van der Waals surface area contributed by atoms with E-state index in [2.05, 4.69) is 53.2 Å². The molecule has 2 aliphatic heterocycles. The van der Waals surface area contributed by atoms with Crippen LogP contribution in [-0.2, 0) is 54.4 Å². The number of carbonyl (C=O) groups excluding carboxylic acids is 10. The van der Waals surface area contributed by atoms with Gasteiger partial charge in [-0.3, -0.25) is 47.9 Å². The van der Waals surface area contributed by atoms with E-state index in [0.717, 1.165) is 0 Å². The normalized spacial score (nSPS) is 26.7. The fraction of sp³-hybridized carbons (Fsp3) is 0.636. The number of aliphatic hydroxyl groups excluding tert-OH is 3. The third kappa shape index (κ3) is 17.3. The molecule has 3 rings (SSSR count). The predicted octanol–water partition coefficient (Wildman–Crippen LogP) is -7.27. The standard InChI is InChI=1S/C44H71N13O13/c1-23(2)19-30-39(66)51-26(10-15-45)35(62)50-28(12-17-47)38(65)56-34(24(3)60)42(69)48-18-13-29(52-41(68)32(21-58)55-43(70)44(22-59)14-9-33(61)57-44)37(64)49-27(11-16-46)36(63)54-31(40(67)53-30)20-25-7-5-4-6-8-25/h4-8,23-24,26-32,34,58-60H,9-22,45-47H2,1-3H3,(H,48,69)(H,49,64)(H,50,62)(H,51,66)(H,52,68)(H,53,67)(H,54,63)(H,55,70)(H,56,65)(H,57,61)/t24-,26+,27+,28+,29+,30+,31-,32-,34+,44-/m1/s1. The van der Waals surface area contributed by atoms with Crippen molar-refractivity contribution in [3.8, 4) is 0 Å². The number of aliphatic hydroxyl groups is 3. The van der Waals surface area contributed by atoms with Crippen molar-refractivity contribution in [2.45, 2.75) is 132 Å². The summed E-state index contributed by atoms with van der Waals surface area (Å²) < 4.78 is 0. The molecule has 2 fully saturated rings. The average molecular weight is 990 g/mol. The van der Waals surface area contributed by atoms with E-state index in [1.165, 1.54) is 6.92 Å². The SMILES string of the molecule is CC(C)C[C@@H]1NC(=O)[C@@H](Cc2ccccc2)NC(=O)[C@H](CCN)NC(=O)[C@@H](NC(=O)[C@@H](CO)NC(=O)[C@]2(CO)CCC(=O)N2)CCNC(=O)[C@H]([C@@H](C)O)NC(=O)[C@H](CCN)NC(=O)[C@H](CCN)NC1=O. The van der Waals surface area contributed by atoms with E-state index in [1.54, 1.807) is 44.2 Å². The lowest BCUT2D eigenvalue weighted by Crippen LogP contribution is -2.63. The minimum Gasteiger partial charge on any atom is -0.394 e. The van der Waals surface area contributed by atoms with Gasteiger partial charge in [-0.25, -0.2) is 0 Å². The second-order valence-electron chi connectivity index (χ2n) is 17.7. The summed E-state index contributed by atoms with van der Waals surface area (Å²) in [5.74, 6) is -9.26. The van der Waals surface area contributed by atoms with Gasteiger partial charge in [0.2, 0.25) is 59.1 Å². The van der Waals surface area contributed by atoms with Gasteiger partial charge in [-0.2, -0.15) is 0 Å². The van der Waals surface area contributed by atoms with Crippen LogP contribution in [0.2, 0.25) is 0 Å². The van der Waals surface area contributed by atoms with Gasteiger partial charge in [-0.1, -0.05) is 44.2 Å². The van der Waals surface area contributed by atoms with Crippen molar-refractivity contribution in [3.63, 3.8) is 0 Å². The zero-order chi connectivity index (χ0) is 52.1. The Morgan fingerprint density at radius 1 is 0.700 bits per heavy atom. The summed E-state index contributed by atoms with van der Waals surface area (Å²) in [7, 11) is 0. The predicted molar refractivity (Wildman–Crippen MR) is 250 cm³/mol. The maximum Gasteiger partial charge on any atom is 0.248 e. The van der Waals surface area contributed by atoms with Crippen LogP contribution in [-0.4, -0.2) is 174 Å². The maximum atomic E-state index is 14.3. The van der Waals surface area contributed by atoms with Crippen LogP contribution in [0.1, 0.15) is 71.3 Å². The van der Waals surface area contributed by atoms with Gasteiger partial charge in [-0.15, -0.1) is 0 Å². The quantitative estimate of drug-likeness (QED) is 0.0690. The largest absolute Gasteiger partial charge is 0.394 e. The highest BCUT2D eigenvalue weighted by atomic mass is 16.3. The molecule has 1 aromatic carbocycles. The van der Waals surface area contributed by atoms with Crippen LogP contribution >= 0.6 is 0 Å². The molecule has 70 heavy (non-hydrogen) atoms. The van der Waals surface area contributed by atoms with Crippen LogP contribution in [0.15, 0.2) is 30.3 Å². The number of rotatable bonds is 17. The van der Waals surface area contributed by atoms with Crippen molar-refractivity contribution < 1.29 is 63.3 Å². The highest BCUT2D eigenvalue weighted by Gasteiger charge is 2.45. The lowest BCUT2D eigenvalue weighted by Gasteiger charge is -2.29. The summed E-state index contributed by atoms with van der Waals surface area (Å²) >= 11 is 0. The highest BCUT2D eigenvalue weighted by molar-refractivity contribution is 6.00. The molecule has 0 bridgehead atoms. The Kier molecular flexibility index (Phi) is 23.5. The lowest BCUT2D eigenvalue weighted by molar-refractivity contribution is -0.137. The van der Waals surface area contributed by atoms with Gasteiger partial charge in [0.1, 0.15) is 53.9 Å². The number of amides is 10. The Morgan fingerprint density at radius 3 is 1.69 bits per heavy atom. The Hall–Kier alpha value is -6.32. The molecule has 0 radical (unpaired) electrons. The Balaban J connectivity index is 2.11. The maximum absolute atomic E-state index is 14.3. The zero-order valence-electron chi connectivity index (χ0n) is 39.7. The van der Waals surface area contributed by atoms with E-state index in [4.69, 9.17) is 17.2 Å². The minimum atomic E-state index is -1.81. The van der Waals surface area contributed by atoms with Gasteiger partial charge in [0.25, 0.3) is 0 Å². The fourth-order valence-corrected chi connectivity index (χ4v) is 7.65. The summed E-state index contributed by atoms with van der Waals surface area (Å²) in [4.78, 5) is 137. The van der Waals surface area contributed by atoms with Crippen LogP contribution < -0.4 is 70.4 Å². The molecule has 0 spiro atoms. The smallest absolute Gasteiger partial charge is 0.248 e.